The molecule has 1 atom stereocenters. The van der Waals surface area contributed by atoms with Gasteiger partial charge in [0.25, 0.3) is 5.56 Å². The quantitative estimate of drug-likeness (QED) is 0.871. The van der Waals surface area contributed by atoms with Crippen molar-refractivity contribution in [2.24, 2.45) is 7.05 Å². The summed E-state index contributed by atoms with van der Waals surface area (Å²) in [5, 5.41) is 2.98. The highest BCUT2D eigenvalue weighted by molar-refractivity contribution is 5.79. The summed E-state index contributed by atoms with van der Waals surface area (Å²) in [5.74, 6) is 0.477. The molecule has 3 rings (SSSR count). The molecule has 7 heteroatoms. The fraction of sp³-hybridized carbons (Fsp3) is 0.389. The molecule has 1 aromatic carbocycles. The number of ether oxygens (including phenoxy) is 1. The van der Waals surface area contributed by atoms with Crippen LogP contribution < -0.4 is 21.3 Å². The van der Waals surface area contributed by atoms with Gasteiger partial charge >= 0.3 is 5.69 Å². The Morgan fingerprint density at radius 1 is 1.36 bits per heavy atom. The second-order valence-electron chi connectivity index (χ2n) is 6.88. The maximum absolute atomic E-state index is 12.5. The molecule has 7 nitrogen and oxygen atoms in total. The Hall–Kier alpha value is -2.83. The SMILES string of the molecule is Cn1c(=O)[nH]cc(CC(=O)N[C@H]2CC(C)(C)Oc3ccccc32)c1=O. The molecule has 0 unspecified atom stereocenters. The van der Waals surface area contributed by atoms with Gasteiger partial charge in [-0.1, -0.05) is 18.2 Å². The Bertz CT molecular complexity index is 926. The minimum absolute atomic E-state index is 0.0938. The molecule has 0 spiro atoms. The molecule has 2 N–H and O–H groups in total. The number of benzene rings is 1. The van der Waals surface area contributed by atoms with E-state index in [1.807, 2.05) is 38.1 Å². The predicted molar refractivity (Wildman–Crippen MR) is 92.7 cm³/mol. The number of hydrogen-bond donors (Lipinski definition) is 2. The lowest BCUT2D eigenvalue weighted by atomic mass is 9.89. The third-order valence-electron chi connectivity index (χ3n) is 4.32. The van der Waals surface area contributed by atoms with Crippen molar-refractivity contribution in [1.82, 2.24) is 14.9 Å². The molecule has 2 heterocycles. The van der Waals surface area contributed by atoms with Crippen molar-refractivity contribution < 1.29 is 9.53 Å². The number of H-pyrrole nitrogens is 1. The van der Waals surface area contributed by atoms with Gasteiger partial charge in [-0.05, 0) is 19.9 Å². The Labute approximate surface area is 144 Å². The van der Waals surface area contributed by atoms with Crippen molar-refractivity contribution in [3.05, 3.63) is 62.4 Å². The maximum atomic E-state index is 12.5. The van der Waals surface area contributed by atoms with Crippen LogP contribution in [0.25, 0.3) is 0 Å². The van der Waals surface area contributed by atoms with Crippen LogP contribution in [-0.2, 0) is 18.3 Å². The van der Waals surface area contributed by atoms with E-state index in [1.165, 1.54) is 13.2 Å². The molecule has 0 radical (unpaired) electrons. The standard InChI is InChI=1S/C18H21N3O4/c1-18(2)9-13(12-6-4-5-7-14(12)25-18)20-15(22)8-11-10-19-17(24)21(3)16(11)23/h4-7,10,13H,8-9H2,1-3H3,(H,19,24)(H,20,22)/t13-/m0/s1. The second-order valence-corrected chi connectivity index (χ2v) is 6.88. The summed E-state index contributed by atoms with van der Waals surface area (Å²) >= 11 is 0. The van der Waals surface area contributed by atoms with E-state index >= 15 is 0 Å². The van der Waals surface area contributed by atoms with E-state index < -0.39 is 16.9 Å². The Balaban J connectivity index is 1.81. The number of aromatic nitrogens is 2. The van der Waals surface area contributed by atoms with E-state index in [0.29, 0.717) is 6.42 Å². The monoisotopic (exact) mass is 343 g/mol. The first kappa shape index (κ1) is 17.0. The van der Waals surface area contributed by atoms with E-state index in [1.54, 1.807) is 0 Å². The fourth-order valence-electron chi connectivity index (χ4n) is 3.09. The smallest absolute Gasteiger partial charge is 0.328 e. The maximum Gasteiger partial charge on any atom is 0.328 e. The highest BCUT2D eigenvalue weighted by atomic mass is 16.5. The van der Waals surface area contributed by atoms with Crippen molar-refractivity contribution in [1.29, 1.82) is 0 Å². The summed E-state index contributed by atoms with van der Waals surface area (Å²) in [6, 6.07) is 7.40. The lowest BCUT2D eigenvalue weighted by Gasteiger charge is -2.37. The van der Waals surface area contributed by atoms with E-state index in [0.717, 1.165) is 15.9 Å². The minimum Gasteiger partial charge on any atom is -0.487 e. The molecular formula is C18H21N3O4. The average Bonchev–Trinajstić information content (AvgIpc) is 2.54. The van der Waals surface area contributed by atoms with Gasteiger partial charge in [-0.15, -0.1) is 0 Å². The summed E-state index contributed by atoms with van der Waals surface area (Å²) in [7, 11) is 1.37. The van der Waals surface area contributed by atoms with Crippen LogP contribution in [0.15, 0.2) is 40.1 Å². The van der Waals surface area contributed by atoms with Gasteiger partial charge in [0.05, 0.1) is 12.5 Å². The van der Waals surface area contributed by atoms with Gasteiger partial charge in [0, 0.05) is 30.8 Å². The van der Waals surface area contributed by atoms with Gasteiger partial charge in [0.2, 0.25) is 5.91 Å². The number of rotatable bonds is 3. The fourth-order valence-corrected chi connectivity index (χ4v) is 3.09. The number of fused-ring (bicyclic) bond motifs is 1. The van der Waals surface area contributed by atoms with Gasteiger partial charge < -0.3 is 15.0 Å². The van der Waals surface area contributed by atoms with Crippen molar-refractivity contribution >= 4 is 5.91 Å². The molecule has 0 saturated carbocycles. The Kier molecular flexibility index (Phi) is 4.24. The third-order valence-corrected chi connectivity index (χ3v) is 4.32. The molecule has 2 aromatic rings. The third kappa shape index (κ3) is 3.50. The lowest BCUT2D eigenvalue weighted by molar-refractivity contribution is -0.121. The molecular weight excluding hydrogens is 322 g/mol. The van der Waals surface area contributed by atoms with Gasteiger partial charge in [0.1, 0.15) is 11.4 Å². The summed E-state index contributed by atoms with van der Waals surface area (Å²) in [6.45, 7) is 3.94. The lowest BCUT2D eigenvalue weighted by Crippen LogP contribution is -2.42. The first-order valence-corrected chi connectivity index (χ1v) is 8.12. The summed E-state index contributed by atoms with van der Waals surface area (Å²) < 4.78 is 6.91. The van der Waals surface area contributed by atoms with Gasteiger partial charge in [-0.3, -0.25) is 14.2 Å². The molecule has 1 aliphatic rings. The van der Waals surface area contributed by atoms with E-state index in [9.17, 15) is 14.4 Å². The molecule has 0 aliphatic carbocycles. The van der Waals surface area contributed by atoms with Gasteiger partial charge in [0.15, 0.2) is 0 Å². The molecule has 132 valence electrons. The number of nitrogens with zero attached hydrogens (tertiary/aromatic N) is 1. The first-order chi connectivity index (χ1) is 11.8. The first-order valence-electron chi connectivity index (χ1n) is 8.12. The highest BCUT2D eigenvalue weighted by Gasteiger charge is 2.34. The van der Waals surface area contributed by atoms with E-state index in [2.05, 4.69) is 10.3 Å². The number of aromatic amines is 1. The highest BCUT2D eigenvalue weighted by Crippen LogP contribution is 2.39. The number of carbonyl (C=O) groups is 1. The van der Waals surface area contributed by atoms with Crippen molar-refractivity contribution in [2.45, 2.75) is 38.3 Å². The number of para-hydroxylation sites is 1. The average molecular weight is 343 g/mol. The largest absolute Gasteiger partial charge is 0.487 e. The Morgan fingerprint density at radius 2 is 2.08 bits per heavy atom. The molecule has 0 saturated heterocycles. The summed E-state index contributed by atoms with van der Waals surface area (Å²) in [6.07, 6.45) is 1.83. The van der Waals surface area contributed by atoms with E-state index in [-0.39, 0.29) is 23.9 Å². The number of nitrogens with one attached hydrogen (secondary N) is 2. The van der Waals surface area contributed by atoms with Crippen molar-refractivity contribution in [3.63, 3.8) is 0 Å². The predicted octanol–water partition coefficient (Wildman–Crippen LogP) is 1.03. The normalized spacial score (nSPS) is 18.1. The number of amides is 1. The molecule has 1 aromatic heterocycles. The Morgan fingerprint density at radius 3 is 2.84 bits per heavy atom. The number of hydrogen-bond acceptors (Lipinski definition) is 4. The second kappa shape index (κ2) is 6.23. The van der Waals surface area contributed by atoms with Gasteiger partial charge in [-0.25, -0.2) is 4.79 Å². The topological polar surface area (TPSA) is 93.2 Å². The zero-order chi connectivity index (χ0) is 18.2. The van der Waals surface area contributed by atoms with Crippen LogP contribution in [0.5, 0.6) is 5.75 Å². The molecule has 1 amide bonds. The zero-order valence-corrected chi connectivity index (χ0v) is 14.5. The molecule has 0 bridgehead atoms. The summed E-state index contributed by atoms with van der Waals surface area (Å²) in [4.78, 5) is 38.4. The zero-order valence-electron chi connectivity index (χ0n) is 14.5. The van der Waals surface area contributed by atoms with Crippen LogP contribution in [-0.4, -0.2) is 21.1 Å². The van der Waals surface area contributed by atoms with Crippen LogP contribution in [0.3, 0.4) is 0 Å². The van der Waals surface area contributed by atoms with Crippen molar-refractivity contribution in [3.8, 4) is 5.75 Å². The van der Waals surface area contributed by atoms with Crippen LogP contribution in [0.2, 0.25) is 0 Å². The summed E-state index contributed by atoms with van der Waals surface area (Å²) in [5.41, 5.74) is -0.204. The van der Waals surface area contributed by atoms with Crippen LogP contribution in [0.4, 0.5) is 0 Å². The van der Waals surface area contributed by atoms with Crippen LogP contribution in [0, 0.1) is 0 Å². The minimum atomic E-state index is -0.505. The molecule has 0 fully saturated rings. The number of carbonyl (C=O) groups excluding carboxylic acids is 1. The van der Waals surface area contributed by atoms with Crippen LogP contribution >= 0.6 is 0 Å². The molecule has 25 heavy (non-hydrogen) atoms. The van der Waals surface area contributed by atoms with E-state index in [4.69, 9.17) is 4.74 Å². The molecule has 1 aliphatic heterocycles. The van der Waals surface area contributed by atoms with Gasteiger partial charge in [-0.2, -0.15) is 0 Å². The van der Waals surface area contributed by atoms with Crippen molar-refractivity contribution in [2.75, 3.05) is 0 Å². The van der Waals surface area contributed by atoms with Crippen LogP contribution in [0.1, 0.15) is 37.4 Å².